The first-order valence-corrected chi connectivity index (χ1v) is 10.3. The van der Waals surface area contributed by atoms with Crippen molar-refractivity contribution in [3.05, 3.63) is 93.7 Å². The molecule has 0 aliphatic carbocycles. The normalized spacial score (nSPS) is 13.1. The van der Waals surface area contributed by atoms with Gasteiger partial charge in [0.15, 0.2) is 6.54 Å². The van der Waals surface area contributed by atoms with E-state index in [0.717, 1.165) is 0 Å². The van der Waals surface area contributed by atoms with Crippen molar-refractivity contribution in [3.8, 4) is 0 Å². The molecule has 0 aliphatic rings. The molecule has 2 aromatic carbocycles. The molecular weight excluding hydrogens is 352 g/mol. The standard InChI is InChI=1S/C23H26N2OS/c1-17-10-12-20(13-11-17)23(21-9-6-14-27-21)25-16-22(26)24-15-18(2)19-7-4-3-5-8-19/h3-14,18,23,25H,15-16H2,1-2H3,(H,24,26)/p+1/t18-,23-/m1/s1. The number of carbonyl (C=O) groups is 1. The zero-order chi connectivity index (χ0) is 19.1. The summed E-state index contributed by atoms with van der Waals surface area (Å²) < 4.78 is 0. The van der Waals surface area contributed by atoms with Crippen LogP contribution in [0.25, 0.3) is 0 Å². The predicted octanol–water partition coefficient (Wildman–Crippen LogP) is 3.63. The number of amides is 1. The third-order valence-corrected chi connectivity index (χ3v) is 5.75. The molecule has 1 aromatic heterocycles. The molecule has 0 radical (unpaired) electrons. The number of nitrogens with one attached hydrogen (secondary N) is 1. The Morgan fingerprint density at radius 2 is 1.74 bits per heavy atom. The van der Waals surface area contributed by atoms with Gasteiger partial charge in [0, 0.05) is 12.1 Å². The van der Waals surface area contributed by atoms with Crippen LogP contribution in [0.1, 0.15) is 40.5 Å². The van der Waals surface area contributed by atoms with Gasteiger partial charge in [-0.25, -0.2) is 0 Å². The third kappa shape index (κ3) is 5.52. The molecule has 3 rings (SSSR count). The lowest BCUT2D eigenvalue weighted by molar-refractivity contribution is -0.676. The van der Waals surface area contributed by atoms with Crippen LogP contribution in [0.5, 0.6) is 0 Å². The van der Waals surface area contributed by atoms with Gasteiger partial charge in [-0.05, 0) is 29.9 Å². The summed E-state index contributed by atoms with van der Waals surface area (Å²) in [6.45, 7) is 5.30. The van der Waals surface area contributed by atoms with Crippen molar-refractivity contribution in [2.45, 2.75) is 25.8 Å². The van der Waals surface area contributed by atoms with E-state index in [2.05, 4.69) is 78.4 Å². The first kappa shape index (κ1) is 19.3. The predicted molar refractivity (Wildman–Crippen MR) is 112 cm³/mol. The highest BCUT2D eigenvalue weighted by molar-refractivity contribution is 7.10. The van der Waals surface area contributed by atoms with Crippen LogP contribution in [0.2, 0.25) is 0 Å². The molecule has 2 atom stereocenters. The van der Waals surface area contributed by atoms with Crippen molar-refractivity contribution in [2.75, 3.05) is 13.1 Å². The number of nitrogens with two attached hydrogens (primary N) is 1. The number of carbonyl (C=O) groups excluding carboxylic acids is 1. The van der Waals surface area contributed by atoms with E-state index < -0.39 is 0 Å². The van der Waals surface area contributed by atoms with Crippen LogP contribution in [-0.4, -0.2) is 19.0 Å². The molecule has 3 nitrogen and oxygen atoms in total. The van der Waals surface area contributed by atoms with E-state index in [1.165, 1.54) is 21.6 Å². The van der Waals surface area contributed by atoms with Gasteiger partial charge in [-0.2, -0.15) is 0 Å². The van der Waals surface area contributed by atoms with Gasteiger partial charge in [-0.15, -0.1) is 11.3 Å². The Morgan fingerprint density at radius 1 is 1.00 bits per heavy atom. The van der Waals surface area contributed by atoms with Gasteiger partial charge in [-0.3, -0.25) is 4.79 Å². The average molecular weight is 380 g/mol. The highest BCUT2D eigenvalue weighted by Crippen LogP contribution is 2.23. The van der Waals surface area contributed by atoms with E-state index in [4.69, 9.17) is 0 Å². The lowest BCUT2D eigenvalue weighted by atomic mass is 10.0. The molecule has 0 spiro atoms. The lowest BCUT2D eigenvalue weighted by Crippen LogP contribution is -2.87. The first-order valence-electron chi connectivity index (χ1n) is 9.38. The highest BCUT2D eigenvalue weighted by Gasteiger charge is 2.20. The van der Waals surface area contributed by atoms with Gasteiger partial charge < -0.3 is 10.6 Å². The van der Waals surface area contributed by atoms with Gasteiger partial charge in [-0.1, -0.05) is 73.2 Å². The Bertz CT molecular complexity index is 829. The summed E-state index contributed by atoms with van der Waals surface area (Å²) in [7, 11) is 0. The minimum atomic E-state index is 0.0754. The Labute approximate surface area is 165 Å². The Kier molecular flexibility index (Phi) is 6.80. The smallest absolute Gasteiger partial charge is 0.275 e. The van der Waals surface area contributed by atoms with E-state index in [-0.39, 0.29) is 11.9 Å². The summed E-state index contributed by atoms with van der Waals surface area (Å²) in [6, 6.07) is 23.2. The second-order valence-electron chi connectivity index (χ2n) is 6.96. The maximum absolute atomic E-state index is 12.4. The van der Waals surface area contributed by atoms with Gasteiger partial charge in [0.1, 0.15) is 6.04 Å². The summed E-state index contributed by atoms with van der Waals surface area (Å²) in [5, 5.41) is 7.29. The molecule has 0 saturated carbocycles. The number of rotatable bonds is 8. The number of hydrogen-bond acceptors (Lipinski definition) is 2. The van der Waals surface area contributed by atoms with Crippen molar-refractivity contribution in [1.29, 1.82) is 0 Å². The topological polar surface area (TPSA) is 45.7 Å². The highest BCUT2D eigenvalue weighted by atomic mass is 32.1. The quantitative estimate of drug-likeness (QED) is 0.617. The molecule has 3 aromatic rings. The summed E-state index contributed by atoms with van der Waals surface area (Å²) in [5.74, 6) is 0.381. The van der Waals surface area contributed by atoms with Crippen LogP contribution in [0.3, 0.4) is 0 Å². The monoisotopic (exact) mass is 379 g/mol. The fourth-order valence-corrected chi connectivity index (χ4v) is 3.97. The molecule has 4 heteroatoms. The summed E-state index contributed by atoms with van der Waals surface area (Å²) in [6.07, 6.45) is 0. The second-order valence-corrected chi connectivity index (χ2v) is 7.94. The van der Waals surface area contributed by atoms with Crippen molar-refractivity contribution in [3.63, 3.8) is 0 Å². The van der Waals surface area contributed by atoms with Crippen LogP contribution in [0, 0.1) is 6.92 Å². The third-order valence-electron chi connectivity index (χ3n) is 4.80. The number of aryl methyl sites for hydroxylation is 1. The van der Waals surface area contributed by atoms with E-state index in [1.807, 2.05) is 18.2 Å². The molecule has 3 N–H and O–H groups in total. The van der Waals surface area contributed by atoms with Gasteiger partial charge in [0.25, 0.3) is 5.91 Å². The van der Waals surface area contributed by atoms with E-state index in [1.54, 1.807) is 11.3 Å². The van der Waals surface area contributed by atoms with Crippen LogP contribution < -0.4 is 10.6 Å². The molecule has 140 valence electrons. The fourth-order valence-electron chi connectivity index (χ4n) is 3.12. The van der Waals surface area contributed by atoms with Crippen LogP contribution in [0.15, 0.2) is 72.1 Å². The van der Waals surface area contributed by atoms with Crippen molar-refractivity contribution in [1.82, 2.24) is 5.32 Å². The van der Waals surface area contributed by atoms with Gasteiger partial charge in [0.05, 0.1) is 4.88 Å². The van der Waals surface area contributed by atoms with Crippen molar-refractivity contribution >= 4 is 17.2 Å². The van der Waals surface area contributed by atoms with Crippen molar-refractivity contribution < 1.29 is 10.1 Å². The Hall–Kier alpha value is -2.43. The molecule has 0 aliphatic heterocycles. The summed E-state index contributed by atoms with van der Waals surface area (Å²) >= 11 is 1.73. The second kappa shape index (κ2) is 9.49. The summed E-state index contributed by atoms with van der Waals surface area (Å²) in [5.41, 5.74) is 3.72. The Balaban J connectivity index is 1.57. The zero-order valence-electron chi connectivity index (χ0n) is 15.9. The summed E-state index contributed by atoms with van der Waals surface area (Å²) in [4.78, 5) is 13.7. The zero-order valence-corrected chi connectivity index (χ0v) is 16.7. The molecule has 1 amide bonds. The molecule has 0 saturated heterocycles. The first-order chi connectivity index (χ1) is 13.1. The number of benzene rings is 2. The number of hydrogen-bond donors (Lipinski definition) is 2. The van der Waals surface area contributed by atoms with E-state index >= 15 is 0 Å². The SMILES string of the molecule is Cc1ccc([C@@H]([NH2+]CC(=O)NC[C@@H](C)c2ccccc2)c2cccs2)cc1. The van der Waals surface area contributed by atoms with Crippen LogP contribution in [-0.2, 0) is 4.79 Å². The minimum Gasteiger partial charge on any atom is -0.351 e. The van der Waals surface area contributed by atoms with E-state index in [0.29, 0.717) is 19.0 Å². The number of thiophene rings is 1. The molecular formula is C23H27N2OS+. The van der Waals surface area contributed by atoms with Crippen LogP contribution >= 0.6 is 11.3 Å². The van der Waals surface area contributed by atoms with E-state index in [9.17, 15) is 4.79 Å². The molecule has 1 heterocycles. The fraction of sp³-hybridized carbons (Fsp3) is 0.261. The molecule has 27 heavy (non-hydrogen) atoms. The van der Waals surface area contributed by atoms with Gasteiger partial charge >= 0.3 is 0 Å². The minimum absolute atomic E-state index is 0.0754. The largest absolute Gasteiger partial charge is 0.351 e. The molecule has 0 unspecified atom stereocenters. The maximum Gasteiger partial charge on any atom is 0.275 e. The molecule has 0 fully saturated rings. The van der Waals surface area contributed by atoms with Gasteiger partial charge in [0.2, 0.25) is 0 Å². The number of quaternary nitrogens is 1. The lowest BCUT2D eigenvalue weighted by Gasteiger charge is -2.16. The van der Waals surface area contributed by atoms with Crippen LogP contribution in [0.4, 0.5) is 0 Å². The molecule has 0 bridgehead atoms. The maximum atomic E-state index is 12.4. The average Bonchev–Trinajstić information content (AvgIpc) is 3.23. The van der Waals surface area contributed by atoms with Crippen molar-refractivity contribution in [2.24, 2.45) is 0 Å². The Morgan fingerprint density at radius 3 is 2.41 bits per heavy atom.